The second kappa shape index (κ2) is 9.41. The minimum atomic E-state index is -1.25. The van der Waals surface area contributed by atoms with Crippen LogP contribution >= 0.6 is 0 Å². The van der Waals surface area contributed by atoms with Crippen LogP contribution in [-0.2, 0) is 26.3 Å². The number of carbonyl (C=O) groups is 3. The molecule has 0 bridgehead atoms. The van der Waals surface area contributed by atoms with Crippen LogP contribution in [0.5, 0.6) is 0 Å². The van der Waals surface area contributed by atoms with Gasteiger partial charge in [-0.1, -0.05) is 42.5 Å². The number of hydrogen-bond acceptors (Lipinski definition) is 4. The number of nitrogens with zero attached hydrogens (tertiary/aromatic N) is 3. The Hall–Kier alpha value is -3.87. The average molecular weight is 472 g/mol. The van der Waals surface area contributed by atoms with Gasteiger partial charge in [-0.05, 0) is 53.8 Å². The summed E-state index contributed by atoms with van der Waals surface area (Å²) in [6, 6.07) is 18.7. The molecule has 3 amide bonds. The molecule has 2 fully saturated rings. The summed E-state index contributed by atoms with van der Waals surface area (Å²) in [7, 11) is 0. The Morgan fingerprint density at radius 2 is 1.71 bits per heavy atom. The SMILES string of the molecule is O=C1C[C@](CC(=O)N2CCC[C@@H]2c2ccc(F)cc2)(c2ccccc2)C(=O)N1Cc1ccncc1. The van der Waals surface area contributed by atoms with Crippen LogP contribution in [0.15, 0.2) is 79.1 Å². The normalized spacial score (nSPS) is 22.1. The molecule has 6 nitrogen and oxygen atoms in total. The Morgan fingerprint density at radius 1 is 1.00 bits per heavy atom. The van der Waals surface area contributed by atoms with Crippen LogP contribution < -0.4 is 0 Å². The first-order valence-electron chi connectivity index (χ1n) is 11.8. The van der Waals surface area contributed by atoms with Crippen molar-refractivity contribution in [3.8, 4) is 0 Å². The van der Waals surface area contributed by atoms with Gasteiger partial charge in [0.15, 0.2) is 0 Å². The third-order valence-corrected chi connectivity index (χ3v) is 7.11. The highest BCUT2D eigenvalue weighted by Gasteiger charge is 2.54. The van der Waals surface area contributed by atoms with Crippen molar-refractivity contribution in [3.05, 3.63) is 102 Å². The Kier molecular flexibility index (Phi) is 6.16. The third-order valence-electron chi connectivity index (χ3n) is 7.11. The van der Waals surface area contributed by atoms with Gasteiger partial charge in [0.25, 0.3) is 0 Å². The van der Waals surface area contributed by atoms with E-state index in [2.05, 4.69) is 4.98 Å². The van der Waals surface area contributed by atoms with Crippen LogP contribution in [0.1, 0.15) is 48.4 Å². The minimum Gasteiger partial charge on any atom is -0.336 e. The van der Waals surface area contributed by atoms with Crippen molar-refractivity contribution >= 4 is 17.7 Å². The number of imide groups is 1. The Morgan fingerprint density at radius 3 is 2.43 bits per heavy atom. The molecular formula is C28H26FN3O3. The van der Waals surface area contributed by atoms with Gasteiger partial charge in [-0.3, -0.25) is 24.3 Å². The topological polar surface area (TPSA) is 70.6 Å². The van der Waals surface area contributed by atoms with E-state index in [9.17, 15) is 18.8 Å². The predicted molar refractivity (Wildman–Crippen MR) is 127 cm³/mol. The molecule has 2 saturated heterocycles. The first-order chi connectivity index (χ1) is 17.0. The van der Waals surface area contributed by atoms with Gasteiger partial charge in [0.2, 0.25) is 17.7 Å². The lowest BCUT2D eigenvalue weighted by molar-refractivity contribution is -0.143. The Balaban J connectivity index is 1.45. The minimum absolute atomic E-state index is 0.0538. The van der Waals surface area contributed by atoms with Gasteiger partial charge in [0.1, 0.15) is 5.82 Å². The molecule has 2 aliphatic heterocycles. The standard InChI is InChI=1S/C28H26FN3O3/c29-23-10-8-21(9-11-23)24-7-4-16-31(24)25(33)17-28(22-5-2-1-3-6-22)18-26(34)32(27(28)35)19-20-12-14-30-15-13-20/h1-3,5-6,8-15,24H,4,7,16-19H2/t24-,28-/m1/s1. The van der Waals surface area contributed by atoms with E-state index < -0.39 is 5.41 Å². The fourth-order valence-electron chi connectivity index (χ4n) is 5.31. The molecule has 178 valence electrons. The number of benzene rings is 2. The van der Waals surface area contributed by atoms with Crippen LogP contribution in [0.3, 0.4) is 0 Å². The van der Waals surface area contributed by atoms with E-state index in [1.807, 2.05) is 30.3 Å². The number of amides is 3. The number of carbonyl (C=O) groups excluding carboxylic acids is 3. The lowest BCUT2D eigenvalue weighted by Gasteiger charge is -2.31. The monoisotopic (exact) mass is 471 g/mol. The van der Waals surface area contributed by atoms with Gasteiger partial charge in [-0.15, -0.1) is 0 Å². The summed E-state index contributed by atoms with van der Waals surface area (Å²) in [5.74, 6) is -1.14. The van der Waals surface area contributed by atoms with Crippen LogP contribution in [0.4, 0.5) is 4.39 Å². The highest BCUT2D eigenvalue weighted by atomic mass is 19.1. The fraction of sp³-hybridized carbons (Fsp3) is 0.286. The number of hydrogen-bond donors (Lipinski definition) is 0. The maximum absolute atomic E-state index is 13.9. The largest absolute Gasteiger partial charge is 0.336 e. The van der Waals surface area contributed by atoms with Gasteiger partial charge < -0.3 is 4.90 Å². The number of rotatable bonds is 6. The first-order valence-corrected chi connectivity index (χ1v) is 11.8. The zero-order valence-corrected chi connectivity index (χ0v) is 19.3. The molecule has 7 heteroatoms. The lowest BCUT2D eigenvalue weighted by Crippen LogP contribution is -2.43. The summed E-state index contributed by atoms with van der Waals surface area (Å²) >= 11 is 0. The van der Waals surface area contributed by atoms with E-state index in [4.69, 9.17) is 0 Å². The summed E-state index contributed by atoms with van der Waals surface area (Å²) in [5.41, 5.74) is 1.09. The maximum Gasteiger partial charge on any atom is 0.241 e. The van der Waals surface area contributed by atoms with Crippen LogP contribution in [-0.4, -0.2) is 39.1 Å². The van der Waals surface area contributed by atoms with Crippen LogP contribution in [0.25, 0.3) is 0 Å². The van der Waals surface area contributed by atoms with Crippen molar-refractivity contribution in [2.24, 2.45) is 0 Å². The molecule has 0 aliphatic carbocycles. The second-order valence-corrected chi connectivity index (χ2v) is 9.24. The predicted octanol–water partition coefficient (Wildman–Crippen LogP) is 4.17. The quantitative estimate of drug-likeness (QED) is 0.506. The first kappa shape index (κ1) is 22.9. The summed E-state index contributed by atoms with van der Waals surface area (Å²) in [4.78, 5) is 47.7. The van der Waals surface area contributed by atoms with Gasteiger partial charge in [-0.25, -0.2) is 4.39 Å². The molecule has 1 aromatic heterocycles. The molecule has 0 radical (unpaired) electrons. The van der Waals surface area contributed by atoms with E-state index in [1.54, 1.807) is 41.6 Å². The summed E-state index contributed by atoms with van der Waals surface area (Å²) in [6.45, 7) is 0.708. The molecule has 0 unspecified atom stereocenters. The summed E-state index contributed by atoms with van der Waals surface area (Å²) in [6.07, 6.45) is 4.70. The molecule has 0 spiro atoms. The van der Waals surface area contributed by atoms with Gasteiger partial charge >= 0.3 is 0 Å². The van der Waals surface area contributed by atoms with Crippen molar-refractivity contribution in [2.45, 2.75) is 43.7 Å². The van der Waals surface area contributed by atoms with Gasteiger partial charge in [-0.2, -0.15) is 0 Å². The molecule has 2 atom stereocenters. The van der Waals surface area contributed by atoms with Crippen molar-refractivity contribution in [3.63, 3.8) is 0 Å². The zero-order valence-electron chi connectivity index (χ0n) is 19.3. The Labute approximate surface area is 203 Å². The highest BCUT2D eigenvalue weighted by Crippen LogP contribution is 2.42. The molecule has 3 aromatic rings. The number of pyridine rings is 1. The zero-order chi connectivity index (χ0) is 24.4. The lowest BCUT2D eigenvalue weighted by atomic mass is 9.75. The molecule has 0 N–H and O–H groups in total. The van der Waals surface area contributed by atoms with E-state index in [0.717, 1.165) is 24.0 Å². The fourth-order valence-corrected chi connectivity index (χ4v) is 5.31. The smallest absolute Gasteiger partial charge is 0.241 e. The third kappa shape index (κ3) is 4.34. The molecule has 3 heterocycles. The number of likely N-dealkylation sites (tertiary alicyclic amines) is 2. The van der Waals surface area contributed by atoms with E-state index >= 15 is 0 Å². The molecule has 2 aromatic carbocycles. The highest BCUT2D eigenvalue weighted by molar-refractivity contribution is 6.10. The summed E-state index contributed by atoms with van der Waals surface area (Å²) in [5, 5.41) is 0. The van der Waals surface area contributed by atoms with Crippen molar-refractivity contribution in [1.82, 2.24) is 14.8 Å². The van der Waals surface area contributed by atoms with Crippen molar-refractivity contribution in [1.29, 1.82) is 0 Å². The van der Waals surface area contributed by atoms with E-state index in [0.29, 0.717) is 12.1 Å². The second-order valence-electron chi connectivity index (χ2n) is 9.24. The van der Waals surface area contributed by atoms with E-state index in [1.165, 1.54) is 17.0 Å². The van der Waals surface area contributed by atoms with Crippen LogP contribution in [0, 0.1) is 5.82 Å². The molecule has 5 rings (SSSR count). The summed E-state index contributed by atoms with van der Waals surface area (Å²) < 4.78 is 13.5. The maximum atomic E-state index is 13.9. The van der Waals surface area contributed by atoms with E-state index in [-0.39, 0.29) is 49.0 Å². The van der Waals surface area contributed by atoms with Crippen molar-refractivity contribution in [2.75, 3.05) is 6.54 Å². The number of halogens is 1. The average Bonchev–Trinajstić information content (AvgIpc) is 3.46. The molecule has 35 heavy (non-hydrogen) atoms. The van der Waals surface area contributed by atoms with Gasteiger partial charge in [0, 0.05) is 31.8 Å². The molecule has 0 saturated carbocycles. The van der Waals surface area contributed by atoms with Crippen molar-refractivity contribution < 1.29 is 18.8 Å². The Bertz CT molecular complexity index is 1230. The number of aromatic nitrogens is 1. The van der Waals surface area contributed by atoms with Gasteiger partial charge in [0.05, 0.1) is 18.0 Å². The molecular weight excluding hydrogens is 445 g/mol. The van der Waals surface area contributed by atoms with Crippen LogP contribution in [0.2, 0.25) is 0 Å². The molecule has 2 aliphatic rings.